The van der Waals surface area contributed by atoms with Crippen LogP contribution >= 0.6 is 15.6 Å². The van der Waals surface area contributed by atoms with Crippen LogP contribution in [0.25, 0.3) is 0 Å². The van der Waals surface area contributed by atoms with E-state index in [0.29, 0.717) is 19.3 Å². The zero-order chi connectivity index (χ0) is 80.8. The maximum Gasteiger partial charge on any atom is 0.472 e. The molecule has 0 aliphatic carbocycles. The predicted octanol–water partition coefficient (Wildman–Crippen LogP) is 27.0. The summed E-state index contributed by atoms with van der Waals surface area (Å²) in [6, 6.07) is 0. The van der Waals surface area contributed by atoms with Gasteiger partial charge in [0.15, 0.2) is 6.10 Å². The van der Waals surface area contributed by atoms with E-state index in [2.05, 4.69) is 154 Å². The van der Waals surface area contributed by atoms with Crippen LogP contribution in [0, 0.1) is 0 Å². The minimum atomic E-state index is -4.93. The second kappa shape index (κ2) is 85.1. The fourth-order valence-electron chi connectivity index (χ4n) is 12.1. The van der Waals surface area contributed by atoms with Gasteiger partial charge in [-0.1, -0.05) is 353 Å². The normalized spacial score (nSPS) is 14.5. The first kappa shape index (κ1) is 107. The standard InChI is InChI=1S/C93H162O16P2/c1-4-7-10-13-16-19-22-25-27-29-31-33-35-37-39-41-43-45-47-49-51-53-55-57-59-62-64-67-70-73-76-79-91(96)103-82-88(94)83-105-110(99,100)106-84-89(95)85-107-111(101,102)108-87-90(109-93(98)81-78-75-72-69-66-61-24-21-18-15-12-9-6-3)86-104-92(97)80-77-74-71-68-65-63-60-58-56-54-52-50-48-46-44-42-40-38-36-34-32-30-28-26-23-20-17-14-11-8-5-2/h7,10,16-17,19-21,24-28,31-34,37-40,43,45,88-90,94-95H,4-6,8-9,11-15,18,22-23,29-30,35-36,41-42,44,46-87H2,1-3H3,(H,99,100)(H,101,102)/b10-7-,19-16-,20-17-,24-21-,27-25-,28-26-,33-31-,34-32-,39-37-,40-38-,45-43-. The summed E-state index contributed by atoms with van der Waals surface area (Å²) in [5.41, 5.74) is 0. The van der Waals surface area contributed by atoms with Gasteiger partial charge in [0.25, 0.3) is 0 Å². The van der Waals surface area contributed by atoms with Crippen molar-refractivity contribution in [2.75, 3.05) is 39.6 Å². The third-order valence-electron chi connectivity index (χ3n) is 18.8. The molecule has 0 aliphatic heterocycles. The Balaban J connectivity index is 4.44. The van der Waals surface area contributed by atoms with Crippen LogP contribution in [-0.2, 0) is 55.8 Å². The molecule has 640 valence electrons. The molecule has 4 N–H and O–H groups in total. The lowest BCUT2D eigenvalue weighted by Gasteiger charge is -2.21. The SMILES string of the molecule is CC/C=C\C/C=C\C/C=C\C/C=C\C/C=C\C/C=C\CCCCCCCCCCCCCCC(=O)OCC(O)COP(=O)(O)OCC(O)COP(=O)(O)OCC(COC(=O)CCCCCCCCCCCCCCCCC/C=C\C/C=C\C/C=C\C/C=C\CCCCC)OC(=O)CCCCCCC/C=C\CCCCCC. The summed E-state index contributed by atoms with van der Waals surface area (Å²) in [4.78, 5) is 58.8. The van der Waals surface area contributed by atoms with E-state index in [-0.39, 0.29) is 19.3 Å². The lowest BCUT2D eigenvalue weighted by Crippen LogP contribution is -2.30. The smallest absolute Gasteiger partial charge is 0.463 e. The van der Waals surface area contributed by atoms with E-state index >= 15 is 0 Å². The van der Waals surface area contributed by atoms with Gasteiger partial charge in [-0.25, -0.2) is 9.13 Å². The maximum atomic E-state index is 13.0. The molecule has 0 fully saturated rings. The molecule has 5 unspecified atom stereocenters. The molecule has 0 bridgehead atoms. The van der Waals surface area contributed by atoms with Gasteiger partial charge in [-0.3, -0.25) is 32.5 Å². The van der Waals surface area contributed by atoms with Crippen LogP contribution in [0.2, 0.25) is 0 Å². The van der Waals surface area contributed by atoms with Crippen LogP contribution in [0.1, 0.15) is 380 Å². The van der Waals surface area contributed by atoms with Crippen LogP contribution in [-0.4, -0.2) is 95.9 Å². The van der Waals surface area contributed by atoms with Crippen LogP contribution in [0.4, 0.5) is 0 Å². The highest BCUT2D eigenvalue weighted by atomic mass is 31.2. The van der Waals surface area contributed by atoms with E-state index in [9.17, 15) is 43.5 Å². The maximum absolute atomic E-state index is 13.0. The zero-order valence-electron chi connectivity index (χ0n) is 70.4. The summed E-state index contributed by atoms with van der Waals surface area (Å²) < 4.78 is 61.3. The number of unbranched alkanes of at least 4 members (excludes halogenated alkanes) is 39. The Morgan fingerprint density at radius 3 is 0.784 bits per heavy atom. The molecule has 0 spiro atoms. The Morgan fingerprint density at radius 1 is 0.261 bits per heavy atom. The summed E-state index contributed by atoms with van der Waals surface area (Å²) >= 11 is 0. The summed E-state index contributed by atoms with van der Waals surface area (Å²) in [6.45, 7) is 2.55. The average molecular weight is 1600 g/mol. The number of aliphatic hydroxyl groups is 2. The first-order valence-electron chi connectivity index (χ1n) is 44.5. The molecule has 0 saturated heterocycles. The second-order valence-corrected chi connectivity index (χ2v) is 32.6. The van der Waals surface area contributed by atoms with E-state index in [4.69, 9.17) is 32.3 Å². The third kappa shape index (κ3) is 86.4. The van der Waals surface area contributed by atoms with E-state index in [0.717, 1.165) is 141 Å². The van der Waals surface area contributed by atoms with Gasteiger partial charge in [-0.15, -0.1) is 0 Å². The van der Waals surface area contributed by atoms with Crippen molar-refractivity contribution in [2.45, 2.75) is 399 Å². The lowest BCUT2D eigenvalue weighted by atomic mass is 10.0. The third-order valence-corrected chi connectivity index (χ3v) is 20.7. The van der Waals surface area contributed by atoms with Gasteiger partial charge in [0.05, 0.1) is 26.4 Å². The van der Waals surface area contributed by atoms with Crippen molar-refractivity contribution in [3.8, 4) is 0 Å². The average Bonchev–Trinajstić information content (AvgIpc) is 0.928. The zero-order valence-corrected chi connectivity index (χ0v) is 72.1. The molecule has 16 nitrogen and oxygen atoms in total. The van der Waals surface area contributed by atoms with Crippen molar-refractivity contribution in [3.05, 3.63) is 134 Å². The Bertz CT molecular complexity index is 2550. The molecule has 0 radical (unpaired) electrons. The van der Waals surface area contributed by atoms with Gasteiger partial charge < -0.3 is 34.2 Å². The van der Waals surface area contributed by atoms with Crippen molar-refractivity contribution in [1.29, 1.82) is 0 Å². The second-order valence-electron chi connectivity index (χ2n) is 29.7. The van der Waals surface area contributed by atoms with Crippen LogP contribution in [0.3, 0.4) is 0 Å². The number of carbonyl (C=O) groups is 3. The quantitative estimate of drug-likeness (QED) is 0.0146. The Kier molecular flexibility index (Phi) is 81.8. The Labute approximate surface area is 677 Å². The van der Waals surface area contributed by atoms with E-state index in [1.54, 1.807) is 0 Å². The molecular formula is C93H162O16P2. The van der Waals surface area contributed by atoms with Gasteiger partial charge in [-0.05, 0) is 141 Å². The molecule has 111 heavy (non-hydrogen) atoms. The molecule has 0 amide bonds. The van der Waals surface area contributed by atoms with Crippen molar-refractivity contribution >= 4 is 33.6 Å². The van der Waals surface area contributed by atoms with E-state index in [1.165, 1.54) is 180 Å². The molecule has 0 rings (SSSR count). The molecule has 18 heteroatoms. The van der Waals surface area contributed by atoms with Crippen molar-refractivity contribution in [2.24, 2.45) is 0 Å². The number of allylic oxidation sites excluding steroid dienone is 22. The first-order valence-corrected chi connectivity index (χ1v) is 47.5. The molecular weight excluding hydrogens is 1430 g/mol. The van der Waals surface area contributed by atoms with Crippen molar-refractivity contribution in [1.82, 2.24) is 0 Å². The van der Waals surface area contributed by atoms with Crippen molar-refractivity contribution in [3.63, 3.8) is 0 Å². The van der Waals surface area contributed by atoms with Gasteiger partial charge in [-0.2, -0.15) is 0 Å². The number of carbonyl (C=O) groups excluding carboxylic acids is 3. The largest absolute Gasteiger partial charge is 0.472 e. The Hall–Kier alpha value is -4.31. The lowest BCUT2D eigenvalue weighted by molar-refractivity contribution is -0.161. The molecule has 0 aromatic rings. The highest BCUT2D eigenvalue weighted by Crippen LogP contribution is 2.45. The minimum Gasteiger partial charge on any atom is -0.463 e. The van der Waals surface area contributed by atoms with Gasteiger partial charge in [0, 0.05) is 19.3 Å². The van der Waals surface area contributed by atoms with Gasteiger partial charge in [0.1, 0.15) is 25.4 Å². The molecule has 0 aliphatic rings. The van der Waals surface area contributed by atoms with Crippen LogP contribution in [0.5, 0.6) is 0 Å². The number of phosphoric acid groups is 2. The number of hydrogen-bond donors (Lipinski definition) is 4. The number of rotatable bonds is 84. The molecule has 0 aromatic carbocycles. The summed E-state index contributed by atoms with van der Waals surface area (Å²) in [5.74, 6) is -1.57. The fraction of sp³-hybridized carbons (Fsp3) is 0.731. The number of ether oxygens (including phenoxy) is 3. The summed E-state index contributed by atoms with van der Waals surface area (Å²) in [5, 5.41) is 20.7. The van der Waals surface area contributed by atoms with Gasteiger partial charge >= 0.3 is 33.6 Å². The van der Waals surface area contributed by atoms with E-state index < -0.39 is 91.5 Å². The highest BCUT2D eigenvalue weighted by molar-refractivity contribution is 7.47. The number of aliphatic hydroxyl groups excluding tert-OH is 2. The topological polar surface area (TPSA) is 231 Å². The van der Waals surface area contributed by atoms with E-state index in [1.807, 2.05) is 0 Å². The fourth-order valence-corrected chi connectivity index (χ4v) is 13.7. The number of esters is 3. The van der Waals surface area contributed by atoms with Crippen molar-refractivity contribution < 1.29 is 75.8 Å². The van der Waals surface area contributed by atoms with Gasteiger partial charge in [0.2, 0.25) is 0 Å². The first-order chi connectivity index (χ1) is 54.2. The predicted molar refractivity (Wildman–Crippen MR) is 463 cm³/mol. The Morgan fingerprint density at radius 2 is 0.477 bits per heavy atom. The minimum absolute atomic E-state index is 0.0949. The molecule has 5 atom stereocenters. The molecule has 0 aromatic heterocycles. The monoisotopic (exact) mass is 1600 g/mol. The van der Waals surface area contributed by atoms with Crippen LogP contribution in [0.15, 0.2) is 134 Å². The summed E-state index contributed by atoms with van der Waals surface area (Å²) in [7, 11) is -9.80. The van der Waals surface area contributed by atoms with Crippen LogP contribution < -0.4 is 0 Å². The number of phosphoric ester groups is 2. The number of hydrogen-bond acceptors (Lipinski definition) is 14. The summed E-state index contributed by atoms with van der Waals surface area (Å²) in [6.07, 6.45) is 105. The molecule has 0 saturated carbocycles. The highest BCUT2D eigenvalue weighted by Gasteiger charge is 2.29. The molecule has 0 heterocycles.